The molecule has 1 aliphatic carbocycles. The minimum absolute atomic E-state index is 0.00163. The topological polar surface area (TPSA) is 64.3 Å². The Balaban J connectivity index is 2.09. The molecule has 1 aromatic rings. The van der Waals surface area contributed by atoms with Crippen molar-refractivity contribution in [3.8, 4) is 5.75 Å². The summed E-state index contributed by atoms with van der Waals surface area (Å²) in [5.41, 5.74) is 6.37. The van der Waals surface area contributed by atoms with Gasteiger partial charge in [-0.3, -0.25) is 4.79 Å². The second kappa shape index (κ2) is 6.89. The van der Waals surface area contributed by atoms with Gasteiger partial charge in [0.15, 0.2) is 0 Å². The molecule has 0 heterocycles. The van der Waals surface area contributed by atoms with Crippen LogP contribution >= 0.6 is 0 Å². The summed E-state index contributed by atoms with van der Waals surface area (Å²) < 4.78 is 18.6. The van der Waals surface area contributed by atoms with Gasteiger partial charge in [0.25, 0.3) is 0 Å². The molecule has 5 heteroatoms. The van der Waals surface area contributed by atoms with E-state index in [1.807, 2.05) is 6.92 Å². The fraction of sp³-hybridized carbons (Fsp3) is 0.562. The molecular formula is C16H23FN2O2. The first-order valence-corrected chi connectivity index (χ1v) is 7.40. The van der Waals surface area contributed by atoms with E-state index in [-0.39, 0.29) is 29.6 Å². The van der Waals surface area contributed by atoms with Gasteiger partial charge in [0.2, 0.25) is 5.91 Å². The second-order valence-electron chi connectivity index (χ2n) is 5.65. The summed E-state index contributed by atoms with van der Waals surface area (Å²) >= 11 is 0. The van der Waals surface area contributed by atoms with Crippen LogP contribution in [-0.4, -0.2) is 19.6 Å². The van der Waals surface area contributed by atoms with Crippen LogP contribution < -0.4 is 15.8 Å². The number of hydrogen-bond acceptors (Lipinski definition) is 3. The van der Waals surface area contributed by atoms with Crippen LogP contribution in [0.3, 0.4) is 0 Å². The third-order valence-corrected chi connectivity index (χ3v) is 4.32. The lowest BCUT2D eigenvalue weighted by atomic mass is 9.94. The van der Waals surface area contributed by atoms with Gasteiger partial charge in [0.1, 0.15) is 11.6 Å². The number of rotatable bonds is 5. The lowest BCUT2D eigenvalue weighted by Crippen LogP contribution is -2.36. The number of halogens is 1. The first-order valence-electron chi connectivity index (χ1n) is 7.40. The Morgan fingerprint density at radius 2 is 2.29 bits per heavy atom. The van der Waals surface area contributed by atoms with Crippen LogP contribution in [0.15, 0.2) is 18.2 Å². The predicted octanol–water partition coefficient (Wildman–Crippen LogP) is 2.39. The maximum Gasteiger partial charge on any atom is 0.223 e. The van der Waals surface area contributed by atoms with E-state index in [1.54, 1.807) is 6.07 Å². The van der Waals surface area contributed by atoms with Crippen molar-refractivity contribution in [2.75, 3.05) is 13.7 Å². The van der Waals surface area contributed by atoms with Gasteiger partial charge >= 0.3 is 0 Å². The van der Waals surface area contributed by atoms with Gasteiger partial charge in [0, 0.05) is 11.5 Å². The van der Waals surface area contributed by atoms with Crippen molar-refractivity contribution >= 4 is 5.91 Å². The Kier molecular flexibility index (Phi) is 5.17. The number of nitrogens with two attached hydrogens (primary N) is 1. The zero-order chi connectivity index (χ0) is 15.4. The number of amides is 1. The molecule has 0 spiro atoms. The first kappa shape index (κ1) is 15.8. The molecule has 0 bridgehead atoms. The molecule has 116 valence electrons. The van der Waals surface area contributed by atoms with Crippen molar-refractivity contribution in [3.05, 3.63) is 29.6 Å². The Bertz CT molecular complexity index is 507. The molecule has 2 rings (SSSR count). The van der Waals surface area contributed by atoms with E-state index in [0.29, 0.717) is 17.9 Å². The molecule has 4 nitrogen and oxygen atoms in total. The van der Waals surface area contributed by atoms with E-state index in [9.17, 15) is 9.18 Å². The third kappa shape index (κ3) is 3.53. The van der Waals surface area contributed by atoms with Crippen molar-refractivity contribution in [2.45, 2.75) is 32.2 Å². The zero-order valence-electron chi connectivity index (χ0n) is 12.6. The summed E-state index contributed by atoms with van der Waals surface area (Å²) in [6, 6.07) is 4.02. The highest BCUT2D eigenvalue weighted by molar-refractivity contribution is 5.79. The van der Waals surface area contributed by atoms with Crippen molar-refractivity contribution in [3.63, 3.8) is 0 Å². The average Bonchev–Trinajstić information content (AvgIpc) is 2.95. The van der Waals surface area contributed by atoms with Crippen molar-refractivity contribution in [2.24, 2.45) is 17.6 Å². The number of ether oxygens (including phenoxy) is 1. The molecule has 21 heavy (non-hydrogen) atoms. The molecule has 0 radical (unpaired) electrons. The van der Waals surface area contributed by atoms with Gasteiger partial charge in [-0.05, 0) is 50.4 Å². The largest absolute Gasteiger partial charge is 0.496 e. The highest BCUT2D eigenvalue weighted by Gasteiger charge is 2.32. The van der Waals surface area contributed by atoms with Gasteiger partial charge in [0.05, 0.1) is 13.2 Å². The Hall–Kier alpha value is -1.62. The molecule has 0 saturated heterocycles. The number of methoxy groups -OCH3 is 1. The molecule has 1 aromatic carbocycles. The minimum Gasteiger partial charge on any atom is -0.496 e. The van der Waals surface area contributed by atoms with Crippen LogP contribution in [0.1, 0.15) is 37.8 Å². The van der Waals surface area contributed by atoms with Crippen molar-refractivity contribution in [1.82, 2.24) is 5.32 Å². The summed E-state index contributed by atoms with van der Waals surface area (Å²) in [4.78, 5) is 12.4. The summed E-state index contributed by atoms with van der Waals surface area (Å²) in [5, 5.41) is 2.96. The molecular weight excluding hydrogens is 271 g/mol. The molecule has 1 aliphatic rings. The summed E-state index contributed by atoms with van der Waals surface area (Å²) in [6.45, 7) is 2.37. The quantitative estimate of drug-likeness (QED) is 0.876. The molecule has 1 unspecified atom stereocenters. The normalized spacial score (nSPS) is 22.9. The Morgan fingerprint density at radius 3 is 2.95 bits per heavy atom. The molecule has 0 aliphatic heterocycles. The van der Waals surface area contributed by atoms with Gasteiger partial charge in [-0.1, -0.05) is 6.42 Å². The van der Waals surface area contributed by atoms with Crippen LogP contribution in [0.25, 0.3) is 0 Å². The van der Waals surface area contributed by atoms with E-state index in [0.717, 1.165) is 19.3 Å². The number of benzene rings is 1. The second-order valence-corrected chi connectivity index (χ2v) is 5.65. The summed E-state index contributed by atoms with van der Waals surface area (Å²) in [7, 11) is 1.53. The maximum atomic E-state index is 13.4. The van der Waals surface area contributed by atoms with Gasteiger partial charge < -0.3 is 15.8 Å². The smallest absolute Gasteiger partial charge is 0.223 e. The molecule has 1 fully saturated rings. The first-order chi connectivity index (χ1) is 10.1. The van der Waals surface area contributed by atoms with E-state index >= 15 is 0 Å². The van der Waals surface area contributed by atoms with Gasteiger partial charge in [-0.2, -0.15) is 0 Å². The number of carbonyl (C=O) groups is 1. The fourth-order valence-corrected chi connectivity index (χ4v) is 3.11. The average molecular weight is 294 g/mol. The van der Waals surface area contributed by atoms with Crippen LogP contribution in [0.5, 0.6) is 5.75 Å². The standard InChI is InChI=1S/C16H23FN2O2/c1-10(14-8-12(17)6-7-15(14)21-2)19-16(20)13-5-3-4-11(13)9-18/h6-8,10-11,13H,3-5,9,18H2,1-2H3,(H,19,20)/t10?,11-,13-/m1/s1. The highest BCUT2D eigenvalue weighted by atomic mass is 19.1. The van der Waals surface area contributed by atoms with E-state index < -0.39 is 0 Å². The molecule has 1 saturated carbocycles. The van der Waals surface area contributed by atoms with Crippen LogP contribution in [0.2, 0.25) is 0 Å². The highest BCUT2D eigenvalue weighted by Crippen LogP contribution is 2.32. The third-order valence-electron chi connectivity index (χ3n) is 4.32. The predicted molar refractivity (Wildman–Crippen MR) is 79.4 cm³/mol. The number of hydrogen-bond donors (Lipinski definition) is 2. The Morgan fingerprint density at radius 1 is 1.52 bits per heavy atom. The van der Waals surface area contributed by atoms with Crippen LogP contribution in [0.4, 0.5) is 4.39 Å². The summed E-state index contributed by atoms with van der Waals surface area (Å²) in [5.74, 6) is 0.462. The van der Waals surface area contributed by atoms with Crippen molar-refractivity contribution in [1.29, 1.82) is 0 Å². The molecule has 3 N–H and O–H groups in total. The van der Waals surface area contributed by atoms with Gasteiger partial charge in [-0.15, -0.1) is 0 Å². The number of nitrogens with one attached hydrogen (secondary N) is 1. The molecule has 0 aromatic heterocycles. The Labute approximate surface area is 124 Å². The monoisotopic (exact) mass is 294 g/mol. The molecule has 3 atom stereocenters. The molecule has 1 amide bonds. The van der Waals surface area contributed by atoms with E-state index in [4.69, 9.17) is 10.5 Å². The van der Waals surface area contributed by atoms with Crippen molar-refractivity contribution < 1.29 is 13.9 Å². The van der Waals surface area contributed by atoms with E-state index in [1.165, 1.54) is 19.2 Å². The zero-order valence-corrected chi connectivity index (χ0v) is 12.6. The minimum atomic E-state index is -0.340. The van der Waals surface area contributed by atoms with Crippen LogP contribution in [0, 0.1) is 17.7 Å². The number of carbonyl (C=O) groups excluding carboxylic acids is 1. The summed E-state index contributed by atoms with van der Waals surface area (Å²) in [6.07, 6.45) is 2.92. The fourth-order valence-electron chi connectivity index (χ4n) is 3.11. The van der Waals surface area contributed by atoms with Gasteiger partial charge in [-0.25, -0.2) is 4.39 Å². The van der Waals surface area contributed by atoms with Crippen LogP contribution in [-0.2, 0) is 4.79 Å². The van der Waals surface area contributed by atoms with E-state index in [2.05, 4.69) is 5.32 Å². The SMILES string of the molecule is COc1ccc(F)cc1C(C)NC(=O)[C@@H]1CCC[C@@H]1CN. The lowest BCUT2D eigenvalue weighted by Gasteiger charge is -2.22. The lowest BCUT2D eigenvalue weighted by molar-refractivity contribution is -0.126. The maximum absolute atomic E-state index is 13.4.